The lowest BCUT2D eigenvalue weighted by Gasteiger charge is -2.44. The molecular formula is C21H24N2O3. The first kappa shape index (κ1) is 17.0. The van der Waals surface area contributed by atoms with Crippen LogP contribution in [0.15, 0.2) is 42.6 Å². The second-order valence-electron chi connectivity index (χ2n) is 7.26. The van der Waals surface area contributed by atoms with Crippen molar-refractivity contribution in [1.29, 1.82) is 0 Å². The van der Waals surface area contributed by atoms with E-state index in [9.17, 15) is 4.79 Å². The van der Waals surface area contributed by atoms with Gasteiger partial charge in [-0.1, -0.05) is 23.8 Å². The van der Waals surface area contributed by atoms with Gasteiger partial charge in [0.25, 0.3) is 0 Å². The van der Waals surface area contributed by atoms with Crippen LogP contribution in [0, 0.1) is 6.92 Å². The molecule has 3 heterocycles. The summed E-state index contributed by atoms with van der Waals surface area (Å²) in [4.78, 5) is 16.9. The first-order valence-electron chi connectivity index (χ1n) is 9.20. The van der Waals surface area contributed by atoms with Gasteiger partial charge in [0.1, 0.15) is 11.4 Å². The zero-order chi connectivity index (χ0) is 18.0. The van der Waals surface area contributed by atoms with Crippen LogP contribution in [0.4, 0.5) is 0 Å². The van der Waals surface area contributed by atoms with Crippen molar-refractivity contribution < 1.29 is 14.3 Å². The molecule has 2 aliphatic rings. The summed E-state index contributed by atoms with van der Waals surface area (Å²) in [5.74, 6) is 0.872. The fourth-order valence-electron chi connectivity index (χ4n) is 3.88. The monoisotopic (exact) mass is 352 g/mol. The Morgan fingerprint density at radius 1 is 1.27 bits per heavy atom. The molecule has 4 rings (SSSR count). The third-order valence-corrected chi connectivity index (χ3v) is 5.25. The molecule has 1 fully saturated rings. The van der Waals surface area contributed by atoms with E-state index in [2.05, 4.69) is 29.4 Å². The minimum atomic E-state index is -0.247. The van der Waals surface area contributed by atoms with E-state index in [-0.39, 0.29) is 24.0 Å². The molecule has 0 bridgehead atoms. The number of carbonyl (C=O) groups excluding carboxylic acids is 1. The highest BCUT2D eigenvalue weighted by Crippen LogP contribution is 2.44. The first-order valence-corrected chi connectivity index (χ1v) is 9.20. The van der Waals surface area contributed by atoms with Crippen molar-refractivity contribution in [3.05, 3.63) is 59.4 Å². The number of pyridine rings is 1. The van der Waals surface area contributed by atoms with Crippen LogP contribution < -0.4 is 10.1 Å². The van der Waals surface area contributed by atoms with Gasteiger partial charge in [-0.25, -0.2) is 0 Å². The molecule has 1 aromatic heterocycles. The van der Waals surface area contributed by atoms with Gasteiger partial charge in [0, 0.05) is 36.7 Å². The number of amides is 1. The Balaban J connectivity index is 1.57. The molecule has 26 heavy (non-hydrogen) atoms. The maximum atomic E-state index is 12.6. The van der Waals surface area contributed by atoms with Gasteiger partial charge in [0.15, 0.2) is 0 Å². The number of benzene rings is 1. The molecule has 1 aromatic carbocycles. The Morgan fingerprint density at radius 2 is 2.12 bits per heavy atom. The molecule has 5 nitrogen and oxygen atoms in total. The molecule has 1 N–H and O–H groups in total. The molecule has 1 saturated heterocycles. The number of nitrogens with one attached hydrogen (secondary N) is 1. The van der Waals surface area contributed by atoms with E-state index in [0.29, 0.717) is 13.2 Å². The summed E-state index contributed by atoms with van der Waals surface area (Å²) < 4.78 is 11.9. The summed E-state index contributed by atoms with van der Waals surface area (Å²) >= 11 is 0. The summed E-state index contributed by atoms with van der Waals surface area (Å²) in [5, 5.41) is 3.22. The smallest absolute Gasteiger partial charge is 0.226 e. The molecule has 136 valence electrons. The van der Waals surface area contributed by atoms with Crippen molar-refractivity contribution in [3.63, 3.8) is 0 Å². The third kappa shape index (κ3) is 3.58. The summed E-state index contributed by atoms with van der Waals surface area (Å²) in [5.41, 5.74) is 2.77. The van der Waals surface area contributed by atoms with Gasteiger partial charge in [0.05, 0.1) is 25.7 Å². The molecule has 2 aromatic rings. The zero-order valence-corrected chi connectivity index (χ0v) is 15.0. The summed E-state index contributed by atoms with van der Waals surface area (Å²) in [6.07, 6.45) is 4.49. The number of rotatable bonds is 3. The second-order valence-corrected chi connectivity index (χ2v) is 7.26. The van der Waals surface area contributed by atoms with Gasteiger partial charge < -0.3 is 14.8 Å². The van der Waals surface area contributed by atoms with E-state index in [1.807, 2.05) is 24.3 Å². The standard InChI is InChI=1S/C21H24N2O3/c1-15-5-6-19-17(12-15)18(14-21(26-19)7-10-25-11-8-21)23-20(24)13-16-4-2-3-9-22-16/h2-6,9,12,18H,7-8,10-11,13-14H2,1H3,(H,23,24). The van der Waals surface area contributed by atoms with Crippen LogP contribution in [0.25, 0.3) is 0 Å². The van der Waals surface area contributed by atoms with Gasteiger partial charge in [0.2, 0.25) is 5.91 Å². The fraction of sp³-hybridized carbons (Fsp3) is 0.429. The summed E-state index contributed by atoms with van der Waals surface area (Å²) in [7, 11) is 0. The molecule has 1 atom stereocenters. The highest BCUT2D eigenvalue weighted by molar-refractivity contribution is 5.78. The molecule has 1 spiro atoms. The molecule has 1 unspecified atom stereocenters. The second kappa shape index (κ2) is 7.08. The van der Waals surface area contributed by atoms with Gasteiger partial charge in [-0.05, 0) is 25.1 Å². The van der Waals surface area contributed by atoms with E-state index < -0.39 is 0 Å². The van der Waals surface area contributed by atoms with Crippen LogP contribution in [0.1, 0.15) is 42.1 Å². The van der Waals surface area contributed by atoms with Gasteiger partial charge in [-0.15, -0.1) is 0 Å². The van der Waals surface area contributed by atoms with Crippen molar-refractivity contribution in [2.75, 3.05) is 13.2 Å². The normalized spacial score (nSPS) is 20.9. The fourth-order valence-corrected chi connectivity index (χ4v) is 3.88. The predicted octanol–water partition coefficient (Wildman–Crippen LogP) is 3.12. The number of aryl methyl sites for hydroxylation is 1. The lowest BCUT2D eigenvalue weighted by molar-refractivity contribution is -0.122. The molecule has 0 saturated carbocycles. The van der Waals surface area contributed by atoms with Crippen molar-refractivity contribution >= 4 is 5.91 Å². The predicted molar refractivity (Wildman–Crippen MR) is 98.0 cm³/mol. The van der Waals surface area contributed by atoms with Crippen LogP contribution >= 0.6 is 0 Å². The van der Waals surface area contributed by atoms with E-state index in [4.69, 9.17) is 9.47 Å². The van der Waals surface area contributed by atoms with Crippen molar-refractivity contribution in [2.24, 2.45) is 0 Å². The van der Waals surface area contributed by atoms with Crippen LogP contribution in [-0.2, 0) is 16.0 Å². The van der Waals surface area contributed by atoms with E-state index >= 15 is 0 Å². The number of hydrogen-bond donors (Lipinski definition) is 1. The molecular weight excluding hydrogens is 328 g/mol. The lowest BCUT2D eigenvalue weighted by atomic mass is 9.81. The Bertz CT molecular complexity index is 785. The van der Waals surface area contributed by atoms with Crippen molar-refractivity contribution in [3.8, 4) is 5.75 Å². The van der Waals surface area contributed by atoms with Crippen LogP contribution in [0.5, 0.6) is 5.75 Å². The summed E-state index contributed by atoms with van der Waals surface area (Å²) in [6.45, 7) is 3.47. The third-order valence-electron chi connectivity index (χ3n) is 5.25. The van der Waals surface area contributed by atoms with E-state index in [0.717, 1.165) is 36.3 Å². The highest BCUT2D eigenvalue weighted by Gasteiger charge is 2.42. The Hall–Kier alpha value is -2.40. The molecule has 5 heteroatoms. The van der Waals surface area contributed by atoms with Crippen LogP contribution in [0.3, 0.4) is 0 Å². The van der Waals surface area contributed by atoms with Gasteiger partial charge in [-0.3, -0.25) is 9.78 Å². The van der Waals surface area contributed by atoms with Crippen molar-refractivity contribution in [2.45, 2.75) is 44.2 Å². The average molecular weight is 352 g/mol. The quantitative estimate of drug-likeness (QED) is 0.922. The number of hydrogen-bond acceptors (Lipinski definition) is 4. The zero-order valence-electron chi connectivity index (χ0n) is 15.0. The first-order chi connectivity index (χ1) is 12.6. The Labute approximate surface area is 153 Å². The number of nitrogens with zero attached hydrogens (tertiary/aromatic N) is 1. The van der Waals surface area contributed by atoms with Crippen LogP contribution in [0.2, 0.25) is 0 Å². The lowest BCUT2D eigenvalue weighted by Crippen LogP contribution is -2.48. The topological polar surface area (TPSA) is 60.5 Å². The molecule has 1 amide bonds. The molecule has 2 aliphatic heterocycles. The number of fused-ring (bicyclic) bond motifs is 1. The molecule has 0 radical (unpaired) electrons. The van der Waals surface area contributed by atoms with E-state index in [1.165, 1.54) is 5.56 Å². The van der Waals surface area contributed by atoms with E-state index in [1.54, 1.807) is 6.20 Å². The van der Waals surface area contributed by atoms with Crippen molar-refractivity contribution in [1.82, 2.24) is 10.3 Å². The highest BCUT2D eigenvalue weighted by atomic mass is 16.5. The van der Waals surface area contributed by atoms with Crippen LogP contribution in [-0.4, -0.2) is 29.7 Å². The van der Waals surface area contributed by atoms with Gasteiger partial charge >= 0.3 is 0 Å². The Morgan fingerprint density at radius 3 is 2.88 bits per heavy atom. The maximum absolute atomic E-state index is 12.6. The number of aromatic nitrogens is 1. The largest absolute Gasteiger partial charge is 0.487 e. The molecule has 0 aliphatic carbocycles. The van der Waals surface area contributed by atoms with Gasteiger partial charge in [-0.2, -0.15) is 0 Å². The SMILES string of the molecule is Cc1ccc2c(c1)C(NC(=O)Cc1ccccn1)CC1(CCOCC1)O2. The number of ether oxygens (including phenoxy) is 2. The number of carbonyl (C=O) groups is 1. The average Bonchev–Trinajstić information content (AvgIpc) is 2.64. The Kier molecular flexibility index (Phi) is 4.64. The summed E-state index contributed by atoms with van der Waals surface area (Å²) in [6, 6.07) is 11.8. The minimum Gasteiger partial charge on any atom is -0.487 e. The maximum Gasteiger partial charge on any atom is 0.226 e. The minimum absolute atomic E-state index is 0.00901.